The van der Waals surface area contributed by atoms with Gasteiger partial charge in [-0.1, -0.05) is 30.3 Å². The van der Waals surface area contributed by atoms with Crippen LogP contribution in [0.5, 0.6) is 0 Å². The van der Waals surface area contributed by atoms with Crippen LogP contribution >= 0.6 is 0 Å². The Morgan fingerprint density at radius 2 is 1.83 bits per heavy atom. The zero-order valence-electron chi connectivity index (χ0n) is 15.2. The number of rotatable bonds is 9. The van der Waals surface area contributed by atoms with Crippen molar-refractivity contribution in [3.8, 4) is 0 Å². The Morgan fingerprint density at radius 1 is 1.08 bits per heavy atom. The zero-order valence-corrected chi connectivity index (χ0v) is 15.2. The summed E-state index contributed by atoms with van der Waals surface area (Å²) in [5.74, 6) is 1.66. The van der Waals surface area contributed by atoms with Crippen molar-refractivity contribution >= 4 is 11.8 Å². The van der Waals surface area contributed by atoms with Crippen LogP contribution in [-0.4, -0.2) is 48.1 Å². The summed E-state index contributed by atoms with van der Waals surface area (Å²) in [4.78, 5) is 13.5. The van der Waals surface area contributed by atoms with E-state index in [-0.39, 0.29) is 0 Å². The molecule has 5 nitrogen and oxygen atoms in total. The van der Waals surface area contributed by atoms with Crippen LogP contribution in [0.2, 0.25) is 0 Å². The Morgan fingerprint density at radius 3 is 2.50 bits per heavy atom. The highest BCUT2D eigenvalue weighted by atomic mass is 15.2. The first-order chi connectivity index (χ1) is 11.6. The summed E-state index contributed by atoms with van der Waals surface area (Å²) >= 11 is 0. The number of anilines is 2. The van der Waals surface area contributed by atoms with Crippen LogP contribution in [-0.2, 0) is 6.54 Å². The van der Waals surface area contributed by atoms with Gasteiger partial charge in [0.05, 0.1) is 0 Å². The molecule has 0 bridgehead atoms. The minimum atomic E-state index is 0.363. The maximum Gasteiger partial charge on any atom is 0.224 e. The molecule has 1 aromatic heterocycles. The average Bonchev–Trinajstić information content (AvgIpc) is 2.57. The van der Waals surface area contributed by atoms with E-state index < -0.39 is 0 Å². The van der Waals surface area contributed by atoms with E-state index in [9.17, 15) is 0 Å². The fourth-order valence-corrected chi connectivity index (χ4v) is 2.50. The van der Waals surface area contributed by atoms with E-state index in [2.05, 4.69) is 72.3 Å². The van der Waals surface area contributed by atoms with Gasteiger partial charge < -0.3 is 15.1 Å². The summed E-state index contributed by atoms with van der Waals surface area (Å²) in [6, 6.07) is 12.8. The molecule has 2 rings (SSSR count). The maximum absolute atomic E-state index is 4.70. The lowest BCUT2D eigenvalue weighted by Gasteiger charge is -2.28. The molecule has 1 aromatic carbocycles. The predicted octanol–water partition coefficient (Wildman–Crippen LogP) is 3.26. The second kappa shape index (κ2) is 9.23. The van der Waals surface area contributed by atoms with Gasteiger partial charge in [-0.25, -0.2) is 4.98 Å². The maximum atomic E-state index is 4.70. The number of aromatic nitrogens is 2. The first-order valence-electron chi connectivity index (χ1n) is 8.58. The molecule has 0 aliphatic heterocycles. The third-order valence-corrected chi connectivity index (χ3v) is 3.82. The summed E-state index contributed by atoms with van der Waals surface area (Å²) in [5, 5.41) is 3.32. The van der Waals surface area contributed by atoms with Crippen LogP contribution in [0.4, 0.5) is 11.8 Å². The molecular formula is C19H29N5. The van der Waals surface area contributed by atoms with Gasteiger partial charge in [0.1, 0.15) is 5.82 Å². The molecule has 0 spiro atoms. The van der Waals surface area contributed by atoms with Gasteiger partial charge in [0.2, 0.25) is 5.95 Å². The smallest absolute Gasteiger partial charge is 0.224 e. The molecule has 0 fully saturated rings. The van der Waals surface area contributed by atoms with Gasteiger partial charge in [0.15, 0.2) is 0 Å². The predicted molar refractivity (Wildman–Crippen MR) is 101 cm³/mol. The van der Waals surface area contributed by atoms with Crippen LogP contribution in [0.1, 0.15) is 25.8 Å². The first kappa shape index (κ1) is 18.2. The highest BCUT2D eigenvalue weighted by Gasteiger charge is 2.13. The van der Waals surface area contributed by atoms with Crippen LogP contribution in [0.25, 0.3) is 0 Å². The molecule has 0 unspecified atom stereocenters. The molecule has 1 heterocycles. The van der Waals surface area contributed by atoms with E-state index in [1.807, 2.05) is 18.3 Å². The number of nitrogens with zero attached hydrogens (tertiary/aromatic N) is 4. The normalized spacial score (nSPS) is 11.1. The Kier molecular flexibility index (Phi) is 7.00. The van der Waals surface area contributed by atoms with Crippen molar-refractivity contribution in [3.63, 3.8) is 0 Å². The summed E-state index contributed by atoms with van der Waals surface area (Å²) < 4.78 is 0. The number of hydrogen-bond acceptors (Lipinski definition) is 5. The van der Waals surface area contributed by atoms with Gasteiger partial charge >= 0.3 is 0 Å². The van der Waals surface area contributed by atoms with Crippen molar-refractivity contribution in [2.45, 2.75) is 32.9 Å². The molecule has 24 heavy (non-hydrogen) atoms. The van der Waals surface area contributed by atoms with E-state index in [1.54, 1.807) is 0 Å². The van der Waals surface area contributed by atoms with E-state index >= 15 is 0 Å². The molecule has 130 valence electrons. The molecule has 0 radical (unpaired) electrons. The number of nitrogens with one attached hydrogen (secondary N) is 1. The van der Waals surface area contributed by atoms with Gasteiger partial charge in [0.25, 0.3) is 0 Å². The second-order valence-electron chi connectivity index (χ2n) is 6.53. The molecule has 1 N–H and O–H groups in total. The second-order valence-corrected chi connectivity index (χ2v) is 6.53. The SMILES string of the molecule is CC(C)N(Cc1ccccc1)c1ccnc(NCCCN(C)C)n1. The van der Waals surface area contributed by atoms with E-state index in [4.69, 9.17) is 4.98 Å². The van der Waals surface area contributed by atoms with Crippen LogP contribution in [0.15, 0.2) is 42.6 Å². The standard InChI is InChI=1S/C19H29N5/c1-16(2)24(15-17-9-6-5-7-10-17)18-11-13-21-19(22-18)20-12-8-14-23(3)4/h5-7,9-11,13,16H,8,12,14-15H2,1-4H3,(H,20,21,22). The Bertz CT molecular complexity index is 598. The minimum absolute atomic E-state index is 0.363. The van der Waals surface area contributed by atoms with Crippen LogP contribution in [0.3, 0.4) is 0 Å². The Balaban J connectivity index is 2.03. The highest BCUT2D eigenvalue weighted by Crippen LogP contribution is 2.18. The monoisotopic (exact) mass is 327 g/mol. The van der Waals surface area contributed by atoms with Gasteiger partial charge in [-0.15, -0.1) is 0 Å². The molecule has 0 amide bonds. The van der Waals surface area contributed by atoms with Crippen molar-refractivity contribution < 1.29 is 0 Å². The third kappa shape index (κ3) is 5.81. The average molecular weight is 327 g/mol. The van der Waals surface area contributed by atoms with Crippen molar-refractivity contribution in [3.05, 3.63) is 48.2 Å². The van der Waals surface area contributed by atoms with E-state index in [0.717, 1.165) is 31.9 Å². The Hall–Kier alpha value is -2.14. The number of hydrogen-bond donors (Lipinski definition) is 1. The summed E-state index contributed by atoms with van der Waals surface area (Å²) in [7, 11) is 4.17. The van der Waals surface area contributed by atoms with Crippen molar-refractivity contribution in [1.82, 2.24) is 14.9 Å². The summed E-state index contributed by atoms with van der Waals surface area (Å²) in [5.41, 5.74) is 1.28. The molecule has 0 aliphatic rings. The lowest BCUT2D eigenvalue weighted by atomic mass is 10.2. The van der Waals surface area contributed by atoms with Crippen LogP contribution < -0.4 is 10.2 Å². The molecule has 0 atom stereocenters. The molecule has 5 heteroatoms. The van der Waals surface area contributed by atoms with Gasteiger partial charge in [-0.3, -0.25) is 0 Å². The first-order valence-corrected chi connectivity index (χ1v) is 8.58. The van der Waals surface area contributed by atoms with Crippen LogP contribution in [0, 0.1) is 0 Å². The van der Waals surface area contributed by atoms with Crippen molar-refractivity contribution in [2.24, 2.45) is 0 Å². The van der Waals surface area contributed by atoms with E-state index in [1.165, 1.54) is 5.56 Å². The van der Waals surface area contributed by atoms with Gasteiger partial charge in [0, 0.05) is 25.3 Å². The molecule has 0 saturated carbocycles. The van der Waals surface area contributed by atoms with Crippen molar-refractivity contribution in [1.29, 1.82) is 0 Å². The van der Waals surface area contributed by atoms with Gasteiger partial charge in [-0.2, -0.15) is 4.98 Å². The zero-order chi connectivity index (χ0) is 17.4. The van der Waals surface area contributed by atoms with Crippen molar-refractivity contribution in [2.75, 3.05) is 37.4 Å². The lowest BCUT2D eigenvalue weighted by molar-refractivity contribution is 0.405. The molecule has 0 aliphatic carbocycles. The summed E-state index contributed by atoms with van der Waals surface area (Å²) in [6.45, 7) is 7.15. The quantitative estimate of drug-likeness (QED) is 0.716. The topological polar surface area (TPSA) is 44.3 Å². The largest absolute Gasteiger partial charge is 0.354 e. The van der Waals surface area contributed by atoms with E-state index in [0.29, 0.717) is 12.0 Å². The number of benzene rings is 1. The molecule has 0 saturated heterocycles. The summed E-state index contributed by atoms with van der Waals surface area (Å²) in [6.07, 6.45) is 2.90. The fourth-order valence-electron chi connectivity index (χ4n) is 2.50. The highest BCUT2D eigenvalue weighted by molar-refractivity contribution is 5.44. The third-order valence-electron chi connectivity index (χ3n) is 3.82. The Labute approximate surface area is 145 Å². The minimum Gasteiger partial charge on any atom is -0.354 e. The lowest BCUT2D eigenvalue weighted by Crippen LogP contribution is -2.31. The molecule has 2 aromatic rings. The molecular weight excluding hydrogens is 298 g/mol. The van der Waals surface area contributed by atoms with Gasteiger partial charge in [-0.05, 0) is 52.5 Å². The fraction of sp³-hybridized carbons (Fsp3) is 0.474.